The van der Waals surface area contributed by atoms with Crippen LogP contribution in [0, 0.1) is 0 Å². The Balaban J connectivity index is 1.78. The van der Waals surface area contributed by atoms with Gasteiger partial charge >= 0.3 is 0 Å². The number of fused-ring (bicyclic) bond motifs is 3. The van der Waals surface area contributed by atoms with Crippen LogP contribution in [0.1, 0.15) is 29.2 Å². The summed E-state index contributed by atoms with van der Waals surface area (Å²) in [6.07, 6.45) is 1.43. The van der Waals surface area contributed by atoms with Gasteiger partial charge in [0, 0.05) is 67.1 Å². The Hall–Kier alpha value is -2.50. The standard InChI is InChI=1S/C24H28ClN3O2/c1-26-24(29)12-17(16-4-7-19(30-3)8-5-16)14-28-22-9-6-18(25)13-20(22)21-15-27(2)11-10-23(21)28/h4-9,13,17H,10-12,14-15H2,1-3H3,(H,26,29). The Bertz CT molecular complexity index is 1060. The van der Waals surface area contributed by atoms with Crippen LogP contribution < -0.4 is 10.1 Å². The fourth-order valence-corrected chi connectivity index (χ4v) is 4.65. The van der Waals surface area contributed by atoms with Gasteiger partial charge in [0.15, 0.2) is 0 Å². The lowest BCUT2D eigenvalue weighted by molar-refractivity contribution is -0.121. The Kier molecular flexibility index (Phi) is 6.02. The van der Waals surface area contributed by atoms with Crippen LogP contribution in [0.5, 0.6) is 5.75 Å². The van der Waals surface area contributed by atoms with Crippen LogP contribution in [-0.4, -0.2) is 43.1 Å². The zero-order valence-electron chi connectivity index (χ0n) is 17.7. The molecule has 6 heteroatoms. The number of hydrogen-bond acceptors (Lipinski definition) is 3. The predicted molar refractivity (Wildman–Crippen MR) is 121 cm³/mol. The van der Waals surface area contributed by atoms with E-state index in [4.69, 9.17) is 16.3 Å². The fraction of sp³-hybridized carbons (Fsp3) is 0.375. The number of halogens is 1. The number of carbonyl (C=O) groups excluding carboxylic acids is 1. The number of benzene rings is 2. The van der Waals surface area contributed by atoms with Gasteiger partial charge in [-0.25, -0.2) is 0 Å². The molecule has 1 atom stereocenters. The van der Waals surface area contributed by atoms with Crippen molar-refractivity contribution in [2.24, 2.45) is 0 Å². The maximum absolute atomic E-state index is 12.3. The van der Waals surface area contributed by atoms with E-state index in [-0.39, 0.29) is 11.8 Å². The molecule has 2 heterocycles. The lowest BCUT2D eigenvalue weighted by Gasteiger charge is -2.26. The second-order valence-electron chi connectivity index (χ2n) is 8.03. The molecule has 1 unspecified atom stereocenters. The topological polar surface area (TPSA) is 46.5 Å². The molecule has 158 valence electrons. The van der Waals surface area contributed by atoms with Crippen molar-refractivity contribution >= 4 is 28.4 Å². The van der Waals surface area contributed by atoms with E-state index in [2.05, 4.69) is 46.1 Å². The molecule has 0 spiro atoms. The maximum atomic E-state index is 12.3. The van der Waals surface area contributed by atoms with Crippen LogP contribution in [-0.2, 0) is 24.3 Å². The third-order valence-electron chi connectivity index (χ3n) is 6.11. The quantitative estimate of drug-likeness (QED) is 0.643. The van der Waals surface area contributed by atoms with Crippen molar-refractivity contribution in [3.63, 3.8) is 0 Å². The number of aromatic nitrogens is 1. The van der Waals surface area contributed by atoms with E-state index < -0.39 is 0 Å². The van der Waals surface area contributed by atoms with E-state index in [0.29, 0.717) is 6.42 Å². The first-order chi connectivity index (χ1) is 14.5. The van der Waals surface area contributed by atoms with Gasteiger partial charge in [-0.3, -0.25) is 4.79 Å². The van der Waals surface area contributed by atoms with Gasteiger partial charge in [-0.1, -0.05) is 23.7 Å². The molecular weight excluding hydrogens is 398 g/mol. The summed E-state index contributed by atoms with van der Waals surface area (Å²) in [6, 6.07) is 14.2. The highest BCUT2D eigenvalue weighted by atomic mass is 35.5. The van der Waals surface area contributed by atoms with Gasteiger partial charge in [0.25, 0.3) is 0 Å². The minimum atomic E-state index is 0.0453. The van der Waals surface area contributed by atoms with Crippen molar-refractivity contribution in [2.75, 3.05) is 27.7 Å². The number of rotatable bonds is 6. The first-order valence-corrected chi connectivity index (χ1v) is 10.7. The molecule has 1 N–H and O–H groups in total. The highest BCUT2D eigenvalue weighted by Crippen LogP contribution is 2.35. The Morgan fingerprint density at radius 3 is 2.70 bits per heavy atom. The number of nitrogens with one attached hydrogen (secondary N) is 1. The number of carbonyl (C=O) groups is 1. The summed E-state index contributed by atoms with van der Waals surface area (Å²) < 4.78 is 7.72. The number of methoxy groups -OCH3 is 1. The molecule has 0 saturated carbocycles. The molecule has 1 aliphatic rings. The molecule has 0 aliphatic carbocycles. The van der Waals surface area contributed by atoms with Crippen molar-refractivity contribution in [3.8, 4) is 5.75 Å². The number of hydrogen-bond donors (Lipinski definition) is 1. The first kappa shape index (κ1) is 20.8. The molecule has 4 rings (SSSR count). The average Bonchev–Trinajstić information content (AvgIpc) is 3.05. The summed E-state index contributed by atoms with van der Waals surface area (Å²) in [5.74, 6) is 0.925. The third kappa shape index (κ3) is 4.05. The van der Waals surface area contributed by atoms with Crippen LogP contribution in [0.25, 0.3) is 10.9 Å². The summed E-state index contributed by atoms with van der Waals surface area (Å²) in [7, 11) is 5.51. The summed E-state index contributed by atoms with van der Waals surface area (Å²) >= 11 is 6.34. The van der Waals surface area contributed by atoms with E-state index in [9.17, 15) is 4.79 Å². The van der Waals surface area contributed by atoms with Gasteiger partial charge in [-0.05, 0) is 48.5 Å². The third-order valence-corrected chi connectivity index (χ3v) is 6.34. The van der Waals surface area contributed by atoms with E-state index in [1.54, 1.807) is 14.2 Å². The minimum Gasteiger partial charge on any atom is -0.497 e. The van der Waals surface area contributed by atoms with Gasteiger partial charge in [0.1, 0.15) is 5.75 Å². The molecule has 0 saturated heterocycles. The van der Waals surface area contributed by atoms with Crippen LogP contribution in [0.3, 0.4) is 0 Å². The van der Waals surface area contributed by atoms with Crippen molar-refractivity contribution in [1.82, 2.24) is 14.8 Å². The normalized spacial score (nSPS) is 15.1. The Labute approximate surface area is 182 Å². The molecule has 0 fully saturated rings. The van der Waals surface area contributed by atoms with E-state index in [0.717, 1.165) is 42.4 Å². The number of likely N-dealkylation sites (N-methyl/N-ethyl adjacent to an activating group) is 1. The summed E-state index contributed by atoms with van der Waals surface area (Å²) in [5, 5.41) is 4.76. The molecule has 2 aromatic carbocycles. The van der Waals surface area contributed by atoms with E-state index in [1.165, 1.54) is 22.2 Å². The fourth-order valence-electron chi connectivity index (χ4n) is 4.48. The highest BCUT2D eigenvalue weighted by Gasteiger charge is 2.25. The SMILES string of the molecule is CNC(=O)CC(Cn1c2c(c3cc(Cl)ccc31)CN(C)CC2)c1ccc(OC)cc1. The lowest BCUT2D eigenvalue weighted by atomic mass is 9.94. The second kappa shape index (κ2) is 8.70. The van der Waals surface area contributed by atoms with Crippen LogP contribution in [0.4, 0.5) is 0 Å². The lowest BCUT2D eigenvalue weighted by Crippen LogP contribution is -2.28. The van der Waals surface area contributed by atoms with Crippen molar-refractivity contribution < 1.29 is 9.53 Å². The summed E-state index contributed by atoms with van der Waals surface area (Å²) in [5.41, 5.74) is 5.04. The van der Waals surface area contributed by atoms with Crippen LogP contribution in [0.2, 0.25) is 5.02 Å². The van der Waals surface area contributed by atoms with Crippen LogP contribution >= 0.6 is 11.6 Å². The molecule has 5 nitrogen and oxygen atoms in total. The molecule has 1 aliphatic heterocycles. The molecule has 1 amide bonds. The Morgan fingerprint density at radius 2 is 2.00 bits per heavy atom. The van der Waals surface area contributed by atoms with Crippen molar-refractivity contribution in [3.05, 3.63) is 64.3 Å². The summed E-state index contributed by atoms with van der Waals surface area (Å²) in [6.45, 7) is 2.69. The van der Waals surface area contributed by atoms with E-state index >= 15 is 0 Å². The second-order valence-corrected chi connectivity index (χ2v) is 8.47. The smallest absolute Gasteiger partial charge is 0.220 e. The van der Waals surface area contributed by atoms with Crippen LogP contribution in [0.15, 0.2) is 42.5 Å². The molecule has 0 radical (unpaired) electrons. The minimum absolute atomic E-state index is 0.0453. The van der Waals surface area contributed by atoms with Crippen molar-refractivity contribution in [1.29, 1.82) is 0 Å². The van der Waals surface area contributed by atoms with Gasteiger partial charge in [0.2, 0.25) is 5.91 Å². The van der Waals surface area contributed by atoms with Gasteiger partial charge in [-0.2, -0.15) is 0 Å². The van der Waals surface area contributed by atoms with E-state index in [1.807, 2.05) is 18.2 Å². The number of nitrogens with zero attached hydrogens (tertiary/aromatic N) is 2. The van der Waals surface area contributed by atoms with Gasteiger partial charge in [-0.15, -0.1) is 0 Å². The molecule has 1 aromatic heterocycles. The Morgan fingerprint density at radius 1 is 1.23 bits per heavy atom. The molecular formula is C24H28ClN3O2. The van der Waals surface area contributed by atoms with Gasteiger partial charge in [0.05, 0.1) is 7.11 Å². The monoisotopic (exact) mass is 425 g/mol. The maximum Gasteiger partial charge on any atom is 0.220 e. The largest absolute Gasteiger partial charge is 0.497 e. The highest BCUT2D eigenvalue weighted by molar-refractivity contribution is 6.31. The molecule has 0 bridgehead atoms. The zero-order valence-corrected chi connectivity index (χ0v) is 18.5. The zero-order chi connectivity index (χ0) is 21.3. The number of amides is 1. The first-order valence-electron chi connectivity index (χ1n) is 10.3. The summed E-state index contributed by atoms with van der Waals surface area (Å²) in [4.78, 5) is 14.7. The molecule has 3 aromatic rings. The van der Waals surface area contributed by atoms with Crippen molar-refractivity contribution in [2.45, 2.75) is 31.8 Å². The molecule has 30 heavy (non-hydrogen) atoms. The van der Waals surface area contributed by atoms with Gasteiger partial charge < -0.3 is 19.5 Å². The number of ether oxygens (including phenoxy) is 1. The predicted octanol–water partition coefficient (Wildman–Crippen LogP) is 4.21. The average molecular weight is 426 g/mol.